The number of halogens is 4. The number of benzene rings is 1. The van der Waals surface area contributed by atoms with Crippen molar-refractivity contribution in [2.75, 3.05) is 18.0 Å². The second kappa shape index (κ2) is 6.14. The third kappa shape index (κ3) is 4.31. The summed E-state index contributed by atoms with van der Waals surface area (Å²) in [6.45, 7) is 2.19. The van der Waals surface area contributed by atoms with Gasteiger partial charge in [-0.1, -0.05) is 11.6 Å². The van der Waals surface area contributed by atoms with E-state index in [1.54, 1.807) is 6.92 Å². The Morgan fingerprint density at radius 1 is 1.42 bits per heavy atom. The van der Waals surface area contributed by atoms with Crippen LogP contribution >= 0.6 is 11.6 Å². The van der Waals surface area contributed by atoms with Crippen LogP contribution in [-0.4, -0.2) is 24.2 Å². The van der Waals surface area contributed by atoms with E-state index in [2.05, 4.69) is 0 Å². The van der Waals surface area contributed by atoms with Gasteiger partial charge in [-0.05, 0) is 25.1 Å². The molecule has 1 aromatic carbocycles. The van der Waals surface area contributed by atoms with E-state index < -0.39 is 17.7 Å². The SMILES string of the molecule is CCN(CCC(=O)O)c1cc(C(F)(F)F)ccc1Cl. The topological polar surface area (TPSA) is 40.5 Å². The Morgan fingerprint density at radius 2 is 2.05 bits per heavy atom. The van der Waals surface area contributed by atoms with Gasteiger partial charge in [0.15, 0.2) is 0 Å². The van der Waals surface area contributed by atoms with Crippen LogP contribution in [0.2, 0.25) is 5.02 Å². The quantitative estimate of drug-likeness (QED) is 0.901. The van der Waals surface area contributed by atoms with Crippen LogP contribution in [0.1, 0.15) is 18.9 Å². The zero-order valence-corrected chi connectivity index (χ0v) is 10.9. The predicted octanol–water partition coefficient (Wildman–Crippen LogP) is 3.66. The smallest absolute Gasteiger partial charge is 0.416 e. The van der Waals surface area contributed by atoms with Gasteiger partial charge in [-0.3, -0.25) is 4.79 Å². The van der Waals surface area contributed by atoms with Gasteiger partial charge in [0, 0.05) is 13.1 Å². The first-order valence-corrected chi connectivity index (χ1v) is 5.97. The van der Waals surface area contributed by atoms with Gasteiger partial charge in [-0.2, -0.15) is 13.2 Å². The number of hydrogen-bond donors (Lipinski definition) is 1. The van der Waals surface area contributed by atoms with Crippen molar-refractivity contribution in [3.05, 3.63) is 28.8 Å². The van der Waals surface area contributed by atoms with Crippen LogP contribution < -0.4 is 4.90 Å². The zero-order chi connectivity index (χ0) is 14.6. The molecular formula is C12H13ClF3NO2. The third-order valence-electron chi connectivity index (χ3n) is 2.59. The lowest BCUT2D eigenvalue weighted by Crippen LogP contribution is -2.26. The van der Waals surface area contributed by atoms with Crippen LogP contribution in [-0.2, 0) is 11.0 Å². The van der Waals surface area contributed by atoms with Crippen LogP contribution in [0.15, 0.2) is 18.2 Å². The minimum Gasteiger partial charge on any atom is -0.481 e. The molecule has 0 saturated heterocycles. The summed E-state index contributed by atoms with van der Waals surface area (Å²) < 4.78 is 37.9. The van der Waals surface area contributed by atoms with E-state index in [0.29, 0.717) is 6.54 Å². The highest BCUT2D eigenvalue weighted by molar-refractivity contribution is 6.33. The van der Waals surface area contributed by atoms with E-state index >= 15 is 0 Å². The molecule has 3 nitrogen and oxygen atoms in total. The second-order valence-corrected chi connectivity index (χ2v) is 4.29. The summed E-state index contributed by atoms with van der Waals surface area (Å²) in [5.41, 5.74) is -0.610. The number of alkyl halides is 3. The second-order valence-electron chi connectivity index (χ2n) is 3.89. The van der Waals surface area contributed by atoms with Crippen molar-refractivity contribution in [2.24, 2.45) is 0 Å². The van der Waals surface area contributed by atoms with Gasteiger partial charge in [0.2, 0.25) is 0 Å². The molecule has 0 bridgehead atoms. The molecule has 19 heavy (non-hydrogen) atoms. The Hall–Kier alpha value is -1.43. The fraction of sp³-hybridized carbons (Fsp3) is 0.417. The summed E-state index contributed by atoms with van der Waals surface area (Å²) in [4.78, 5) is 12.0. The molecule has 1 N–H and O–H groups in total. The summed E-state index contributed by atoms with van der Waals surface area (Å²) in [6.07, 6.45) is -4.62. The van der Waals surface area contributed by atoms with Gasteiger partial charge in [0.05, 0.1) is 22.7 Å². The van der Waals surface area contributed by atoms with Crippen molar-refractivity contribution in [1.29, 1.82) is 0 Å². The van der Waals surface area contributed by atoms with Gasteiger partial charge in [-0.15, -0.1) is 0 Å². The van der Waals surface area contributed by atoms with Crippen molar-refractivity contribution in [1.82, 2.24) is 0 Å². The lowest BCUT2D eigenvalue weighted by molar-refractivity contribution is -0.138. The average molecular weight is 296 g/mol. The van der Waals surface area contributed by atoms with Gasteiger partial charge in [0.25, 0.3) is 0 Å². The molecule has 0 heterocycles. The van der Waals surface area contributed by atoms with E-state index in [0.717, 1.165) is 12.1 Å². The number of carboxylic acid groups (broad SMARTS) is 1. The van der Waals surface area contributed by atoms with E-state index in [1.165, 1.54) is 11.0 Å². The van der Waals surface area contributed by atoms with Crippen molar-refractivity contribution in [3.8, 4) is 0 Å². The first kappa shape index (κ1) is 15.6. The first-order valence-electron chi connectivity index (χ1n) is 5.59. The summed E-state index contributed by atoms with van der Waals surface area (Å²) in [5.74, 6) is -1.01. The normalized spacial score (nSPS) is 11.4. The summed E-state index contributed by atoms with van der Waals surface area (Å²) >= 11 is 5.88. The molecule has 0 aromatic heterocycles. The van der Waals surface area contributed by atoms with Crippen molar-refractivity contribution < 1.29 is 23.1 Å². The largest absolute Gasteiger partial charge is 0.481 e. The molecule has 0 unspecified atom stereocenters. The molecule has 106 valence electrons. The molecule has 0 atom stereocenters. The monoisotopic (exact) mass is 295 g/mol. The molecule has 1 rings (SSSR count). The molecule has 0 aliphatic rings. The van der Waals surface area contributed by atoms with E-state index in [9.17, 15) is 18.0 Å². The Balaban J connectivity index is 3.05. The molecule has 1 aromatic rings. The first-order chi connectivity index (χ1) is 8.75. The Bertz CT molecular complexity index is 463. The van der Waals surface area contributed by atoms with Crippen LogP contribution in [0.4, 0.5) is 18.9 Å². The fourth-order valence-corrected chi connectivity index (χ4v) is 1.85. The highest BCUT2D eigenvalue weighted by Gasteiger charge is 2.31. The van der Waals surface area contributed by atoms with Gasteiger partial charge in [0.1, 0.15) is 0 Å². The van der Waals surface area contributed by atoms with Gasteiger partial charge in [-0.25, -0.2) is 0 Å². The Kier molecular flexibility index (Phi) is 5.05. The van der Waals surface area contributed by atoms with Crippen LogP contribution in [0.5, 0.6) is 0 Å². The molecule has 0 amide bonds. The highest BCUT2D eigenvalue weighted by atomic mass is 35.5. The summed E-state index contributed by atoms with van der Waals surface area (Å²) in [5, 5.41) is 8.79. The number of carbonyl (C=O) groups is 1. The number of anilines is 1. The summed E-state index contributed by atoms with van der Waals surface area (Å²) in [6, 6.07) is 3.01. The number of aliphatic carboxylic acids is 1. The van der Waals surface area contributed by atoms with Crippen LogP contribution in [0.3, 0.4) is 0 Å². The fourth-order valence-electron chi connectivity index (χ4n) is 1.61. The molecule has 0 aliphatic carbocycles. The van der Waals surface area contributed by atoms with E-state index in [4.69, 9.17) is 16.7 Å². The Labute approximate surface area is 113 Å². The maximum Gasteiger partial charge on any atom is 0.416 e. The van der Waals surface area contributed by atoms with E-state index in [-0.39, 0.29) is 23.7 Å². The minimum absolute atomic E-state index is 0.104. The van der Waals surface area contributed by atoms with Crippen molar-refractivity contribution in [2.45, 2.75) is 19.5 Å². The zero-order valence-electron chi connectivity index (χ0n) is 10.2. The molecule has 0 aliphatic heterocycles. The third-order valence-corrected chi connectivity index (χ3v) is 2.91. The molecule has 0 saturated carbocycles. The molecule has 0 fully saturated rings. The van der Waals surface area contributed by atoms with Gasteiger partial charge < -0.3 is 10.0 Å². The lowest BCUT2D eigenvalue weighted by atomic mass is 10.1. The van der Waals surface area contributed by atoms with Gasteiger partial charge >= 0.3 is 12.1 Å². The van der Waals surface area contributed by atoms with E-state index in [1.807, 2.05) is 0 Å². The lowest BCUT2D eigenvalue weighted by Gasteiger charge is -2.24. The van der Waals surface area contributed by atoms with Crippen LogP contribution in [0.25, 0.3) is 0 Å². The predicted molar refractivity (Wildman–Crippen MR) is 66.6 cm³/mol. The maximum atomic E-state index is 12.6. The number of hydrogen-bond acceptors (Lipinski definition) is 2. The number of nitrogens with zero attached hydrogens (tertiary/aromatic N) is 1. The molecular weight excluding hydrogens is 283 g/mol. The number of carboxylic acids is 1. The summed E-state index contributed by atoms with van der Waals surface area (Å²) in [7, 11) is 0. The van der Waals surface area contributed by atoms with Crippen LogP contribution in [0, 0.1) is 0 Å². The molecule has 7 heteroatoms. The Morgan fingerprint density at radius 3 is 2.53 bits per heavy atom. The van der Waals surface area contributed by atoms with Crippen molar-refractivity contribution >= 4 is 23.3 Å². The standard InChI is InChI=1S/C12H13ClF3NO2/c1-2-17(6-5-11(18)19)10-7-8(12(14,15)16)3-4-9(10)13/h3-4,7H,2,5-6H2,1H3,(H,18,19). The molecule has 0 spiro atoms. The minimum atomic E-state index is -4.45. The molecule has 0 radical (unpaired) electrons. The highest BCUT2D eigenvalue weighted by Crippen LogP contribution is 2.35. The number of rotatable bonds is 5. The average Bonchev–Trinajstić information content (AvgIpc) is 2.30. The maximum absolute atomic E-state index is 12.6. The van der Waals surface area contributed by atoms with Crippen molar-refractivity contribution in [3.63, 3.8) is 0 Å².